The summed E-state index contributed by atoms with van der Waals surface area (Å²) in [5.74, 6) is -0.0784. The summed E-state index contributed by atoms with van der Waals surface area (Å²) in [5, 5.41) is 7.80. The van der Waals surface area contributed by atoms with Crippen LogP contribution in [0.3, 0.4) is 0 Å². The molecule has 1 atom stereocenters. The topological polar surface area (TPSA) is 76.4 Å². The van der Waals surface area contributed by atoms with Crippen LogP contribution in [0.25, 0.3) is 4.96 Å². The largest absolute Gasteiger partial charge is 0.316 e. The Morgan fingerprint density at radius 1 is 1.35 bits per heavy atom. The summed E-state index contributed by atoms with van der Waals surface area (Å²) < 4.78 is 1.26. The Kier molecular flexibility index (Phi) is 4.20. The maximum absolute atomic E-state index is 12.5. The van der Waals surface area contributed by atoms with Gasteiger partial charge in [0.25, 0.3) is 11.5 Å². The number of anilines is 1. The molecule has 6 nitrogen and oxygen atoms in total. The molecule has 0 fully saturated rings. The average Bonchev–Trinajstić information content (AvgIpc) is 3.02. The summed E-state index contributed by atoms with van der Waals surface area (Å²) >= 11 is 1.40. The molecule has 0 radical (unpaired) electrons. The zero-order valence-electron chi connectivity index (χ0n) is 12.8. The SMILES string of the molecule is CC[C@H](C)c1nn2c(=O)c(NC(=O)c3ccccc3)cnc2s1. The van der Waals surface area contributed by atoms with Crippen molar-refractivity contribution in [2.45, 2.75) is 26.2 Å². The molecule has 0 aliphatic carbocycles. The van der Waals surface area contributed by atoms with Crippen LogP contribution in [0.15, 0.2) is 41.3 Å². The Morgan fingerprint density at radius 2 is 2.09 bits per heavy atom. The quantitative estimate of drug-likeness (QED) is 0.799. The molecular formula is C16H16N4O2S. The standard InChI is InChI=1S/C16H16N4O2S/c1-3-10(2)14-19-20-15(22)12(9-17-16(20)23-14)18-13(21)11-7-5-4-6-8-11/h4-10H,3H2,1-2H3,(H,18,21)/t10-/m0/s1. The molecule has 1 aromatic carbocycles. The van der Waals surface area contributed by atoms with Gasteiger partial charge in [-0.1, -0.05) is 43.4 Å². The Balaban J connectivity index is 1.95. The third-order valence-corrected chi connectivity index (χ3v) is 4.77. The first-order valence-electron chi connectivity index (χ1n) is 7.35. The zero-order chi connectivity index (χ0) is 16.4. The van der Waals surface area contributed by atoms with E-state index in [-0.39, 0.29) is 23.1 Å². The second kappa shape index (κ2) is 6.29. The van der Waals surface area contributed by atoms with E-state index in [4.69, 9.17) is 0 Å². The fraction of sp³-hybridized carbons (Fsp3) is 0.250. The van der Waals surface area contributed by atoms with Gasteiger partial charge in [-0.05, 0) is 18.6 Å². The third kappa shape index (κ3) is 3.00. The summed E-state index contributed by atoms with van der Waals surface area (Å²) in [5.41, 5.74) is 0.234. The van der Waals surface area contributed by atoms with Crippen LogP contribution in [0.4, 0.5) is 5.69 Å². The van der Waals surface area contributed by atoms with Crippen molar-refractivity contribution in [2.24, 2.45) is 0 Å². The maximum atomic E-state index is 12.5. The van der Waals surface area contributed by atoms with E-state index >= 15 is 0 Å². The van der Waals surface area contributed by atoms with Gasteiger partial charge in [-0.15, -0.1) is 0 Å². The van der Waals surface area contributed by atoms with E-state index in [1.165, 1.54) is 22.0 Å². The van der Waals surface area contributed by atoms with Gasteiger partial charge in [0.15, 0.2) is 0 Å². The van der Waals surface area contributed by atoms with E-state index in [1.54, 1.807) is 24.3 Å². The van der Waals surface area contributed by atoms with Crippen LogP contribution in [0.2, 0.25) is 0 Å². The minimum atomic E-state index is -0.370. The van der Waals surface area contributed by atoms with Gasteiger partial charge in [0.05, 0.1) is 6.20 Å². The molecule has 0 unspecified atom stereocenters. The molecule has 0 bridgehead atoms. The number of amides is 1. The number of nitrogens with one attached hydrogen (secondary N) is 1. The molecule has 0 saturated carbocycles. The lowest BCUT2D eigenvalue weighted by molar-refractivity contribution is 0.102. The number of hydrogen-bond donors (Lipinski definition) is 1. The highest BCUT2D eigenvalue weighted by Crippen LogP contribution is 2.23. The van der Waals surface area contributed by atoms with Crippen LogP contribution in [0.5, 0.6) is 0 Å². The molecule has 2 heterocycles. The number of carbonyl (C=O) groups excluding carboxylic acids is 1. The second-order valence-electron chi connectivity index (χ2n) is 5.24. The highest BCUT2D eigenvalue weighted by atomic mass is 32.1. The van der Waals surface area contributed by atoms with Gasteiger partial charge in [-0.25, -0.2) is 4.98 Å². The van der Waals surface area contributed by atoms with Gasteiger partial charge >= 0.3 is 0 Å². The number of rotatable bonds is 4. The molecular weight excluding hydrogens is 312 g/mol. The fourth-order valence-corrected chi connectivity index (χ4v) is 3.04. The lowest BCUT2D eigenvalue weighted by atomic mass is 10.1. The molecule has 3 aromatic rings. The first-order valence-corrected chi connectivity index (χ1v) is 8.17. The first kappa shape index (κ1) is 15.4. The van der Waals surface area contributed by atoms with E-state index in [9.17, 15) is 9.59 Å². The van der Waals surface area contributed by atoms with Crippen molar-refractivity contribution in [3.05, 3.63) is 57.5 Å². The molecule has 3 rings (SSSR count). The van der Waals surface area contributed by atoms with Crippen LogP contribution in [0, 0.1) is 0 Å². The van der Waals surface area contributed by atoms with E-state index in [0.717, 1.165) is 11.4 Å². The summed E-state index contributed by atoms with van der Waals surface area (Å²) in [6.07, 6.45) is 2.32. The van der Waals surface area contributed by atoms with Crippen molar-refractivity contribution in [1.29, 1.82) is 0 Å². The van der Waals surface area contributed by atoms with E-state index in [0.29, 0.717) is 10.5 Å². The van der Waals surface area contributed by atoms with Crippen LogP contribution in [0.1, 0.15) is 41.6 Å². The predicted octanol–water partition coefficient (Wildman–Crippen LogP) is 2.92. The summed E-state index contributed by atoms with van der Waals surface area (Å²) in [6, 6.07) is 8.72. The molecule has 0 aliphatic heterocycles. The van der Waals surface area contributed by atoms with Gasteiger partial charge in [0.1, 0.15) is 10.7 Å². The van der Waals surface area contributed by atoms with E-state index < -0.39 is 0 Å². The van der Waals surface area contributed by atoms with Crippen molar-refractivity contribution < 1.29 is 4.79 Å². The number of carbonyl (C=O) groups is 1. The Hall–Kier alpha value is -2.54. The van der Waals surface area contributed by atoms with Crippen molar-refractivity contribution in [3.63, 3.8) is 0 Å². The Morgan fingerprint density at radius 3 is 2.78 bits per heavy atom. The zero-order valence-corrected chi connectivity index (χ0v) is 13.6. The molecule has 7 heteroatoms. The smallest absolute Gasteiger partial charge is 0.298 e. The summed E-state index contributed by atoms with van der Waals surface area (Å²) in [4.78, 5) is 29.4. The lowest BCUT2D eigenvalue weighted by Crippen LogP contribution is -2.23. The molecule has 0 saturated heterocycles. The van der Waals surface area contributed by atoms with Crippen LogP contribution in [-0.2, 0) is 0 Å². The van der Waals surface area contributed by atoms with Crippen LogP contribution < -0.4 is 10.9 Å². The summed E-state index contributed by atoms with van der Waals surface area (Å²) in [6.45, 7) is 4.12. The van der Waals surface area contributed by atoms with Crippen molar-refractivity contribution in [3.8, 4) is 0 Å². The number of aromatic nitrogens is 3. The van der Waals surface area contributed by atoms with E-state index in [1.807, 2.05) is 6.07 Å². The van der Waals surface area contributed by atoms with Gasteiger partial charge in [0.2, 0.25) is 4.96 Å². The first-order chi connectivity index (χ1) is 11.1. The monoisotopic (exact) mass is 328 g/mol. The van der Waals surface area contributed by atoms with E-state index in [2.05, 4.69) is 29.2 Å². The molecule has 23 heavy (non-hydrogen) atoms. The van der Waals surface area contributed by atoms with Crippen molar-refractivity contribution in [2.75, 3.05) is 5.32 Å². The molecule has 1 N–H and O–H groups in total. The van der Waals surface area contributed by atoms with Gasteiger partial charge in [-0.3, -0.25) is 9.59 Å². The average molecular weight is 328 g/mol. The molecule has 118 valence electrons. The van der Waals surface area contributed by atoms with Gasteiger partial charge in [-0.2, -0.15) is 9.61 Å². The predicted molar refractivity (Wildman–Crippen MR) is 90.2 cm³/mol. The van der Waals surface area contributed by atoms with Crippen LogP contribution in [-0.4, -0.2) is 20.5 Å². The maximum Gasteiger partial charge on any atom is 0.298 e. The second-order valence-corrected chi connectivity index (χ2v) is 6.23. The highest BCUT2D eigenvalue weighted by molar-refractivity contribution is 7.16. The Bertz CT molecular complexity index is 901. The highest BCUT2D eigenvalue weighted by Gasteiger charge is 2.15. The third-order valence-electron chi connectivity index (χ3n) is 3.62. The molecule has 0 spiro atoms. The molecule has 2 aromatic heterocycles. The number of hydrogen-bond acceptors (Lipinski definition) is 5. The minimum Gasteiger partial charge on any atom is -0.316 e. The minimum absolute atomic E-state index is 0.123. The van der Waals surface area contributed by atoms with Crippen molar-refractivity contribution in [1.82, 2.24) is 14.6 Å². The Labute approximate surface area is 136 Å². The van der Waals surface area contributed by atoms with Gasteiger partial charge < -0.3 is 5.32 Å². The normalized spacial score (nSPS) is 12.3. The number of nitrogens with zero attached hydrogens (tertiary/aromatic N) is 3. The molecule has 1 amide bonds. The number of benzene rings is 1. The molecule has 0 aliphatic rings. The van der Waals surface area contributed by atoms with Crippen molar-refractivity contribution >= 4 is 27.9 Å². The van der Waals surface area contributed by atoms with Crippen LogP contribution >= 0.6 is 11.3 Å². The van der Waals surface area contributed by atoms with Gasteiger partial charge in [0, 0.05) is 11.5 Å². The summed E-state index contributed by atoms with van der Waals surface area (Å²) in [7, 11) is 0. The number of fused-ring (bicyclic) bond motifs is 1. The lowest BCUT2D eigenvalue weighted by Gasteiger charge is -2.03. The fourth-order valence-electron chi connectivity index (χ4n) is 2.04.